The number of nitrogens with zero attached hydrogens (tertiary/aromatic N) is 1. The molecule has 0 saturated heterocycles. The molecule has 0 aliphatic rings. The van der Waals surface area contributed by atoms with Gasteiger partial charge in [-0.25, -0.2) is 4.98 Å². The van der Waals surface area contributed by atoms with Gasteiger partial charge in [0.05, 0.1) is 6.20 Å². The van der Waals surface area contributed by atoms with Crippen LogP contribution in [0.4, 0.5) is 10.1 Å². The van der Waals surface area contributed by atoms with Gasteiger partial charge in [-0.1, -0.05) is 31.3 Å². The van der Waals surface area contributed by atoms with E-state index in [1.54, 1.807) is 17.5 Å². The van der Waals surface area contributed by atoms with E-state index in [9.17, 15) is 0 Å². The normalized spacial score (nSPS) is 11.6. The molecule has 0 spiro atoms. The SMILES string of the molecule is CC(C)(CNc1ncc(N)s1)c1cccs1. The molecule has 0 radical (unpaired) electrons. The zero-order chi connectivity index (χ0) is 11.6. The van der Waals surface area contributed by atoms with Crippen LogP contribution in [0.15, 0.2) is 23.7 Å². The summed E-state index contributed by atoms with van der Waals surface area (Å²) >= 11 is 3.27. The summed E-state index contributed by atoms with van der Waals surface area (Å²) < 4.78 is 0. The molecule has 2 aromatic rings. The van der Waals surface area contributed by atoms with Crippen molar-refractivity contribution in [1.29, 1.82) is 0 Å². The number of aromatic nitrogens is 1. The van der Waals surface area contributed by atoms with Crippen LogP contribution in [0.1, 0.15) is 18.7 Å². The maximum Gasteiger partial charge on any atom is 0.184 e. The van der Waals surface area contributed by atoms with Gasteiger partial charge in [-0.3, -0.25) is 0 Å². The molecule has 0 atom stereocenters. The monoisotopic (exact) mass is 253 g/mol. The van der Waals surface area contributed by atoms with Crippen molar-refractivity contribution in [3.63, 3.8) is 0 Å². The molecule has 0 saturated carbocycles. The average Bonchev–Trinajstić information content (AvgIpc) is 2.85. The first-order valence-corrected chi connectivity index (χ1v) is 6.77. The summed E-state index contributed by atoms with van der Waals surface area (Å²) in [5.41, 5.74) is 5.75. The van der Waals surface area contributed by atoms with Crippen LogP contribution in [0.3, 0.4) is 0 Å². The summed E-state index contributed by atoms with van der Waals surface area (Å²) in [5, 5.41) is 7.08. The fourth-order valence-electron chi connectivity index (χ4n) is 1.42. The van der Waals surface area contributed by atoms with Crippen LogP contribution < -0.4 is 11.1 Å². The van der Waals surface area contributed by atoms with E-state index in [1.165, 1.54) is 16.2 Å². The van der Waals surface area contributed by atoms with Crippen molar-refractivity contribution in [3.8, 4) is 0 Å². The van der Waals surface area contributed by atoms with Gasteiger partial charge in [0, 0.05) is 16.8 Å². The Labute approximate surface area is 103 Å². The number of hydrogen-bond acceptors (Lipinski definition) is 5. The maximum absolute atomic E-state index is 5.63. The third-order valence-electron chi connectivity index (χ3n) is 2.39. The first kappa shape index (κ1) is 11.4. The maximum atomic E-state index is 5.63. The number of nitrogen functional groups attached to an aromatic ring is 1. The Morgan fingerprint density at radius 1 is 1.50 bits per heavy atom. The molecule has 3 nitrogen and oxygen atoms in total. The molecule has 0 aromatic carbocycles. The second kappa shape index (κ2) is 4.43. The predicted octanol–water partition coefficient (Wildman–Crippen LogP) is 3.18. The minimum Gasteiger partial charge on any atom is -0.389 e. The van der Waals surface area contributed by atoms with Crippen molar-refractivity contribution in [1.82, 2.24) is 4.98 Å². The molecule has 2 aromatic heterocycles. The van der Waals surface area contributed by atoms with Crippen LogP contribution in [0.5, 0.6) is 0 Å². The Hall–Kier alpha value is -1.07. The highest BCUT2D eigenvalue weighted by Crippen LogP contribution is 2.28. The van der Waals surface area contributed by atoms with Crippen LogP contribution >= 0.6 is 22.7 Å². The largest absolute Gasteiger partial charge is 0.389 e. The third-order valence-corrected chi connectivity index (χ3v) is 4.41. The number of rotatable bonds is 4. The fraction of sp³-hybridized carbons (Fsp3) is 0.364. The Balaban J connectivity index is 2.00. The van der Waals surface area contributed by atoms with Crippen LogP contribution in [0.25, 0.3) is 0 Å². The summed E-state index contributed by atoms with van der Waals surface area (Å²) in [7, 11) is 0. The quantitative estimate of drug-likeness (QED) is 0.880. The zero-order valence-corrected chi connectivity index (χ0v) is 11.0. The molecule has 0 aliphatic heterocycles. The second-order valence-corrected chi connectivity index (χ2v) is 6.29. The Morgan fingerprint density at radius 3 is 2.88 bits per heavy atom. The minimum atomic E-state index is 0.120. The highest BCUT2D eigenvalue weighted by atomic mass is 32.1. The molecule has 2 heterocycles. The van der Waals surface area contributed by atoms with Crippen LogP contribution in [0.2, 0.25) is 0 Å². The van der Waals surface area contributed by atoms with Crippen molar-refractivity contribution in [2.24, 2.45) is 0 Å². The number of hydrogen-bond donors (Lipinski definition) is 2. The molecule has 0 aliphatic carbocycles. The van der Waals surface area contributed by atoms with E-state index >= 15 is 0 Å². The van der Waals surface area contributed by atoms with Crippen molar-refractivity contribution < 1.29 is 0 Å². The third kappa shape index (κ3) is 2.54. The fourth-order valence-corrected chi connectivity index (χ4v) is 2.85. The van der Waals surface area contributed by atoms with Crippen molar-refractivity contribution >= 4 is 32.8 Å². The van der Waals surface area contributed by atoms with Gasteiger partial charge >= 0.3 is 0 Å². The van der Waals surface area contributed by atoms with Gasteiger partial charge in [0.2, 0.25) is 0 Å². The molecule has 0 fully saturated rings. The zero-order valence-electron chi connectivity index (χ0n) is 9.36. The minimum absolute atomic E-state index is 0.120. The van der Waals surface area contributed by atoms with Crippen LogP contribution in [0, 0.1) is 0 Å². The Bertz CT molecular complexity index is 446. The highest BCUT2D eigenvalue weighted by Gasteiger charge is 2.21. The number of thiazole rings is 1. The van der Waals surface area contributed by atoms with Gasteiger partial charge in [-0.05, 0) is 11.4 Å². The molecule has 2 rings (SSSR count). The Morgan fingerprint density at radius 2 is 2.31 bits per heavy atom. The van der Waals surface area contributed by atoms with Crippen molar-refractivity contribution in [2.75, 3.05) is 17.6 Å². The van der Waals surface area contributed by atoms with Gasteiger partial charge < -0.3 is 11.1 Å². The van der Waals surface area contributed by atoms with E-state index in [0.29, 0.717) is 0 Å². The van der Waals surface area contributed by atoms with Gasteiger partial charge in [0.1, 0.15) is 5.00 Å². The van der Waals surface area contributed by atoms with Crippen molar-refractivity contribution in [2.45, 2.75) is 19.3 Å². The van der Waals surface area contributed by atoms with E-state index in [0.717, 1.165) is 16.7 Å². The van der Waals surface area contributed by atoms with Crippen LogP contribution in [-0.2, 0) is 5.41 Å². The van der Waals surface area contributed by atoms with Gasteiger partial charge in [0.25, 0.3) is 0 Å². The molecule has 5 heteroatoms. The van der Waals surface area contributed by atoms with E-state index in [1.807, 2.05) is 0 Å². The standard InChI is InChI=1S/C11H15N3S2/c1-11(2,8-4-3-5-15-8)7-14-10-13-6-9(12)16-10/h3-6H,7,12H2,1-2H3,(H,13,14). The lowest BCUT2D eigenvalue weighted by molar-refractivity contribution is 0.569. The van der Waals surface area contributed by atoms with E-state index in [2.05, 4.69) is 41.7 Å². The van der Waals surface area contributed by atoms with E-state index < -0.39 is 0 Å². The summed E-state index contributed by atoms with van der Waals surface area (Å²) in [4.78, 5) is 5.57. The van der Waals surface area contributed by atoms with E-state index in [4.69, 9.17) is 5.73 Å². The molecule has 0 unspecified atom stereocenters. The molecule has 3 N–H and O–H groups in total. The van der Waals surface area contributed by atoms with Gasteiger partial charge in [-0.15, -0.1) is 11.3 Å². The average molecular weight is 253 g/mol. The smallest absolute Gasteiger partial charge is 0.184 e. The first-order valence-electron chi connectivity index (χ1n) is 5.07. The summed E-state index contributed by atoms with van der Waals surface area (Å²) in [6, 6.07) is 4.26. The predicted molar refractivity (Wildman–Crippen MR) is 72.4 cm³/mol. The number of nitrogens with one attached hydrogen (secondary N) is 1. The molecule has 0 bridgehead atoms. The number of thiophene rings is 1. The summed E-state index contributed by atoms with van der Waals surface area (Å²) in [5.74, 6) is 0. The Kier molecular flexibility index (Phi) is 3.16. The number of nitrogens with two attached hydrogens (primary N) is 1. The molecule has 16 heavy (non-hydrogen) atoms. The topological polar surface area (TPSA) is 50.9 Å². The lowest BCUT2D eigenvalue weighted by Gasteiger charge is -2.23. The summed E-state index contributed by atoms with van der Waals surface area (Å²) in [6.07, 6.45) is 1.69. The molecular weight excluding hydrogens is 238 g/mol. The number of anilines is 2. The van der Waals surface area contributed by atoms with Gasteiger partial charge in [-0.2, -0.15) is 0 Å². The van der Waals surface area contributed by atoms with Crippen LogP contribution in [-0.4, -0.2) is 11.5 Å². The lowest BCUT2D eigenvalue weighted by Crippen LogP contribution is -2.26. The second-order valence-electron chi connectivity index (χ2n) is 4.28. The highest BCUT2D eigenvalue weighted by molar-refractivity contribution is 7.19. The van der Waals surface area contributed by atoms with Gasteiger partial charge in [0.15, 0.2) is 5.13 Å². The molecular formula is C11H15N3S2. The first-order chi connectivity index (χ1) is 7.58. The lowest BCUT2D eigenvalue weighted by atomic mass is 9.91. The summed E-state index contributed by atoms with van der Waals surface area (Å²) in [6.45, 7) is 5.31. The molecule has 86 valence electrons. The van der Waals surface area contributed by atoms with Crippen molar-refractivity contribution in [3.05, 3.63) is 28.6 Å². The molecule has 0 amide bonds. The van der Waals surface area contributed by atoms with E-state index in [-0.39, 0.29) is 5.41 Å².